The molecule has 150 valence electrons. The van der Waals surface area contributed by atoms with Crippen LogP contribution in [-0.2, 0) is 4.79 Å². The SMILES string of the molecule is CC1CC(C)CN(c2nc3c(c(=O)[nH]2)C(c2ccc(O)cc2)C(C#N)C(=O)N3)C1. The van der Waals surface area contributed by atoms with Crippen LogP contribution in [0.1, 0.15) is 37.3 Å². The van der Waals surface area contributed by atoms with Crippen molar-refractivity contribution in [2.24, 2.45) is 17.8 Å². The second-order valence-electron chi connectivity index (χ2n) is 8.17. The molecule has 0 aliphatic carbocycles. The second-order valence-corrected chi connectivity index (χ2v) is 8.17. The Kier molecular flexibility index (Phi) is 4.74. The summed E-state index contributed by atoms with van der Waals surface area (Å²) in [6.45, 7) is 5.89. The minimum absolute atomic E-state index is 0.0680. The third kappa shape index (κ3) is 3.44. The number of aromatic hydroxyl groups is 1. The Hall–Kier alpha value is -3.34. The molecule has 0 saturated carbocycles. The molecule has 0 radical (unpaired) electrons. The maximum atomic E-state index is 13.1. The molecule has 0 spiro atoms. The summed E-state index contributed by atoms with van der Waals surface area (Å²) in [5.41, 5.74) is 0.503. The van der Waals surface area contributed by atoms with E-state index in [1.165, 1.54) is 12.1 Å². The van der Waals surface area contributed by atoms with Crippen molar-refractivity contribution in [1.82, 2.24) is 9.97 Å². The molecule has 0 bridgehead atoms. The number of benzene rings is 1. The van der Waals surface area contributed by atoms with Gasteiger partial charge in [0, 0.05) is 19.0 Å². The van der Waals surface area contributed by atoms with Crippen LogP contribution in [0.4, 0.5) is 11.8 Å². The number of piperidine rings is 1. The third-order valence-corrected chi connectivity index (χ3v) is 5.67. The summed E-state index contributed by atoms with van der Waals surface area (Å²) >= 11 is 0. The van der Waals surface area contributed by atoms with Crippen molar-refractivity contribution in [2.75, 3.05) is 23.3 Å². The Morgan fingerprint density at radius 1 is 1.17 bits per heavy atom. The summed E-state index contributed by atoms with van der Waals surface area (Å²) in [5, 5.41) is 21.8. The van der Waals surface area contributed by atoms with E-state index >= 15 is 0 Å². The molecule has 2 aromatic rings. The van der Waals surface area contributed by atoms with Crippen molar-refractivity contribution in [3.63, 3.8) is 0 Å². The predicted molar refractivity (Wildman–Crippen MR) is 108 cm³/mol. The largest absolute Gasteiger partial charge is 0.508 e. The number of anilines is 2. The monoisotopic (exact) mass is 393 g/mol. The quantitative estimate of drug-likeness (QED) is 0.719. The Morgan fingerprint density at radius 3 is 2.45 bits per heavy atom. The summed E-state index contributed by atoms with van der Waals surface area (Å²) in [6.07, 6.45) is 1.12. The molecule has 3 heterocycles. The van der Waals surface area contributed by atoms with E-state index in [0.29, 0.717) is 23.3 Å². The lowest BCUT2D eigenvalue weighted by Crippen LogP contribution is -2.42. The molecule has 1 aromatic heterocycles. The number of nitriles is 1. The zero-order valence-electron chi connectivity index (χ0n) is 16.3. The van der Waals surface area contributed by atoms with Crippen molar-refractivity contribution in [3.05, 3.63) is 45.7 Å². The van der Waals surface area contributed by atoms with Gasteiger partial charge in [0.15, 0.2) is 0 Å². The molecule has 3 N–H and O–H groups in total. The number of phenols is 1. The van der Waals surface area contributed by atoms with Crippen LogP contribution in [-0.4, -0.2) is 34.1 Å². The van der Waals surface area contributed by atoms with E-state index in [0.717, 1.165) is 19.5 Å². The van der Waals surface area contributed by atoms with E-state index < -0.39 is 17.7 Å². The molecule has 2 aliphatic rings. The maximum Gasteiger partial charge on any atom is 0.258 e. The van der Waals surface area contributed by atoms with E-state index in [1.54, 1.807) is 12.1 Å². The number of carbonyl (C=O) groups is 1. The van der Waals surface area contributed by atoms with Gasteiger partial charge in [0.1, 0.15) is 17.5 Å². The molecular weight excluding hydrogens is 370 g/mol. The predicted octanol–water partition coefficient (Wildman–Crippen LogP) is 2.18. The van der Waals surface area contributed by atoms with E-state index in [4.69, 9.17) is 0 Å². The Labute approximate surface area is 168 Å². The molecule has 8 nitrogen and oxygen atoms in total. The first-order valence-corrected chi connectivity index (χ1v) is 9.76. The summed E-state index contributed by atoms with van der Waals surface area (Å²) in [6, 6.07) is 8.20. The van der Waals surface area contributed by atoms with Crippen molar-refractivity contribution in [3.8, 4) is 11.8 Å². The number of nitrogens with zero attached hydrogens (tertiary/aromatic N) is 3. The highest BCUT2D eigenvalue weighted by atomic mass is 16.3. The second kappa shape index (κ2) is 7.24. The molecular formula is C21H23N5O3. The topological polar surface area (TPSA) is 122 Å². The Morgan fingerprint density at radius 2 is 1.83 bits per heavy atom. The fourth-order valence-electron chi connectivity index (χ4n) is 4.53. The number of rotatable bonds is 2. The van der Waals surface area contributed by atoms with E-state index in [2.05, 4.69) is 29.1 Å². The zero-order chi connectivity index (χ0) is 20.7. The van der Waals surface area contributed by atoms with E-state index in [9.17, 15) is 20.0 Å². The minimum atomic E-state index is -1.06. The molecule has 1 fully saturated rings. The molecule has 29 heavy (non-hydrogen) atoms. The molecule has 2 aliphatic heterocycles. The lowest BCUT2D eigenvalue weighted by Gasteiger charge is -2.36. The third-order valence-electron chi connectivity index (χ3n) is 5.67. The van der Waals surface area contributed by atoms with Gasteiger partial charge in [-0.05, 0) is 36.0 Å². The first kappa shape index (κ1) is 19.0. The first-order chi connectivity index (χ1) is 13.9. The fraction of sp³-hybridized carbons (Fsp3) is 0.429. The lowest BCUT2D eigenvalue weighted by atomic mass is 9.79. The Bertz CT molecular complexity index is 1030. The summed E-state index contributed by atoms with van der Waals surface area (Å²) in [5.74, 6) is -0.646. The number of nitrogens with one attached hydrogen (secondary N) is 2. The molecule has 4 atom stereocenters. The number of H-pyrrole nitrogens is 1. The summed E-state index contributed by atoms with van der Waals surface area (Å²) in [7, 11) is 0. The van der Waals surface area contributed by atoms with Gasteiger partial charge in [-0.3, -0.25) is 14.6 Å². The van der Waals surface area contributed by atoms with Gasteiger partial charge in [-0.2, -0.15) is 10.2 Å². The minimum Gasteiger partial charge on any atom is -0.508 e. The fourth-order valence-corrected chi connectivity index (χ4v) is 4.53. The van der Waals surface area contributed by atoms with Crippen LogP contribution in [0.15, 0.2) is 29.1 Å². The van der Waals surface area contributed by atoms with E-state index in [-0.39, 0.29) is 22.7 Å². The maximum absolute atomic E-state index is 13.1. The smallest absolute Gasteiger partial charge is 0.258 e. The zero-order valence-corrected chi connectivity index (χ0v) is 16.3. The van der Waals surface area contributed by atoms with Gasteiger partial charge < -0.3 is 15.3 Å². The van der Waals surface area contributed by atoms with Crippen LogP contribution in [0.3, 0.4) is 0 Å². The van der Waals surface area contributed by atoms with Crippen molar-refractivity contribution >= 4 is 17.7 Å². The highest BCUT2D eigenvalue weighted by Gasteiger charge is 2.40. The van der Waals surface area contributed by atoms with Crippen LogP contribution in [0, 0.1) is 29.1 Å². The summed E-state index contributed by atoms with van der Waals surface area (Å²) < 4.78 is 0. The normalized spacial score (nSPS) is 26.4. The van der Waals surface area contributed by atoms with Gasteiger partial charge in [0.2, 0.25) is 11.9 Å². The standard InChI is InChI=1S/C21H23N5O3/c1-11-7-12(2)10-26(9-11)21-24-18-17(20(29)25-21)16(15(8-22)19(28)23-18)13-3-5-14(27)6-4-13/h3-6,11-12,15-16,27H,7,9-10H2,1-2H3,(H2,23,24,25,28,29). The van der Waals surface area contributed by atoms with Gasteiger partial charge >= 0.3 is 0 Å². The number of aromatic nitrogens is 2. The van der Waals surface area contributed by atoms with Gasteiger partial charge in [0.05, 0.1) is 11.6 Å². The molecule has 4 rings (SSSR count). The van der Waals surface area contributed by atoms with Crippen LogP contribution in [0.25, 0.3) is 0 Å². The van der Waals surface area contributed by atoms with Crippen LogP contribution >= 0.6 is 0 Å². The first-order valence-electron chi connectivity index (χ1n) is 9.76. The average Bonchev–Trinajstić information content (AvgIpc) is 2.66. The summed E-state index contributed by atoms with van der Waals surface area (Å²) in [4.78, 5) is 35.1. The number of hydrogen-bond donors (Lipinski definition) is 3. The molecule has 1 aromatic carbocycles. The van der Waals surface area contributed by atoms with Gasteiger partial charge in [-0.1, -0.05) is 26.0 Å². The Balaban J connectivity index is 1.81. The van der Waals surface area contributed by atoms with Gasteiger partial charge in [-0.15, -0.1) is 0 Å². The van der Waals surface area contributed by atoms with Crippen molar-refractivity contribution < 1.29 is 9.90 Å². The number of hydrogen-bond acceptors (Lipinski definition) is 6. The van der Waals surface area contributed by atoms with Crippen molar-refractivity contribution in [1.29, 1.82) is 5.26 Å². The van der Waals surface area contributed by atoms with Crippen LogP contribution in [0.5, 0.6) is 5.75 Å². The van der Waals surface area contributed by atoms with Crippen LogP contribution < -0.4 is 15.8 Å². The van der Waals surface area contributed by atoms with Gasteiger partial charge in [-0.25, -0.2) is 0 Å². The van der Waals surface area contributed by atoms with Crippen LogP contribution in [0.2, 0.25) is 0 Å². The number of phenolic OH excluding ortho intramolecular Hbond substituents is 1. The van der Waals surface area contributed by atoms with Crippen molar-refractivity contribution in [2.45, 2.75) is 26.2 Å². The molecule has 1 amide bonds. The number of fused-ring (bicyclic) bond motifs is 1. The molecule has 4 unspecified atom stereocenters. The molecule has 1 saturated heterocycles. The highest BCUT2D eigenvalue weighted by molar-refractivity contribution is 5.98. The molecule has 8 heteroatoms. The van der Waals surface area contributed by atoms with Gasteiger partial charge in [0.25, 0.3) is 5.56 Å². The average molecular weight is 393 g/mol. The lowest BCUT2D eigenvalue weighted by molar-refractivity contribution is -0.119. The number of amides is 1. The number of carbonyl (C=O) groups excluding carboxylic acids is 1. The van der Waals surface area contributed by atoms with E-state index in [1.807, 2.05) is 11.0 Å². The number of aromatic amines is 1. The highest BCUT2D eigenvalue weighted by Crippen LogP contribution is 2.38.